The Hall–Kier alpha value is -4.80. The molecule has 0 saturated heterocycles. The number of amides is 1. The van der Waals surface area contributed by atoms with Gasteiger partial charge in [0.1, 0.15) is 12.2 Å². The lowest BCUT2D eigenvalue weighted by atomic mass is 10.2. The van der Waals surface area contributed by atoms with Crippen molar-refractivity contribution in [2.45, 2.75) is 0 Å². The number of carbonyl (C=O) groups excluding carboxylic acids is 1. The Balaban J connectivity index is 1.66. The van der Waals surface area contributed by atoms with Gasteiger partial charge in [-0.1, -0.05) is 6.07 Å². The van der Waals surface area contributed by atoms with E-state index in [2.05, 4.69) is 20.6 Å². The van der Waals surface area contributed by atoms with Gasteiger partial charge in [-0.25, -0.2) is 4.98 Å². The smallest absolute Gasteiger partial charge is 0.322 e. The third-order valence-corrected chi connectivity index (χ3v) is 5.13. The van der Waals surface area contributed by atoms with Gasteiger partial charge in [-0.15, -0.1) is 0 Å². The van der Waals surface area contributed by atoms with Crippen molar-refractivity contribution in [2.24, 2.45) is 0 Å². The molecule has 0 aliphatic carbocycles. The molecule has 2 heterocycles. The molecule has 3 N–H and O–H groups in total. The molecule has 4 aromatic rings. The number of fused-ring (bicyclic) bond motifs is 1. The monoisotopic (exact) mass is 477 g/mol. The number of anilines is 2. The molecule has 0 fully saturated rings. The van der Waals surface area contributed by atoms with Crippen LogP contribution in [0.4, 0.5) is 11.6 Å². The van der Waals surface area contributed by atoms with Gasteiger partial charge in [0.25, 0.3) is 5.91 Å². The lowest BCUT2D eigenvalue weighted by molar-refractivity contribution is -0.135. The van der Waals surface area contributed by atoms with Crippen LogP contribution in [0.5, 0.6) is 17.2 Å². The first kappa shape index (κ1) is 23.4. The minimum atomic E-state index is -1.12. The summed E-state index contributed by atoms with van der Waals surface area (Å²) in [5.41, 5.74) is 2.25. The first-order valence-electron chi connectivity index (χ1n) is 10.4. The van der Waals surface area contributed by atoms with Crippen molar-refractivity contribution in [2.75, 3.05) is 33.2 Å². The number of ether oxygens (including phenoxy) is 3. The van der Waals surface area contributed by atoms with Crippen LogP contribution in [-0.2, 0) is 4.79 Å². The highest BCUT2D eigenvalue weighted by Gasteiger charge is 2.15. The molecule has 0 aliphatic rings. The predicted octanol–water partition coefficient (Wildman–Crippen LogP) is 3.00. The van der Waals surface area contributed by atoms with E-state index in [0.717, 1.165) is 5.39 Å². The van der Waals surface area contributed by atoms with Gasteiger partial charge in [0.2, 0.25) is 11.7 Å². The molecule has 0 radical (unpaired) electrons. The number of benzene rings is 2. The highest BCUT2D eigenvalue weighted by atomic mass is 16.5. The molecular weight excluding hydrogens is 454 g/mol. The summed E-state index contributed by atoms with van der Waals surface area (Å²) in [7, 11) is 4.60. The van der Waals surface area contributed by atoms with E-state index in [-0.39, 0.29) is 0 Å². The van der Waals surface area contributed by atoms with Crippen molar-refractivity contribution >= 4 is 34.5 Å². The van der Waals surface area contributed by atoms with Crippen LogP contribution in [0.1, 0.15) is 10.4 Å². The number of carboxylic acid groups (broad SMARTS) is 1. The van der Waals surface area contributed by atoms with Crippen LogP contribution < -0.4 is 24.8 Å². The maximum atomic E-state index is 12.3. The second-order valence-corrected chi connectivity index (χ2v) is 7.32. The molecule has 11 heteroatoms. The molecular formula is C24H23N5O6. The first-order valence-corrected chi connectivity index (χ1v) is 10.4. The number of aromatic nitrogens is 3. The van der Waals surface area contributed by atoms with Crippen LogP contribution in [0.3, 0.4) is 0 Å². The number of rotatable bonds is 9. The Bertz CT molecular complexity index is 1380. The fourth-order valence-corrected chi connectivity index (χ4v) is 3.52. The van der Waals surface area contributed by atoms with Gasteiger partial charge in [-0.3, -0.25) is 9.59 Å². The van der Waals surface area contributed by atoms with E-state index < -0.39 is 18.4 Å². The average Bonchev–Trinajstić information content (AvgIpc) is 3.30. The summed E-state index contributed by atoms with van der Waals surface area (Å²) in [6.45, 7) is -0.460. The van der Waals surface area contributed by atoms with Crippen molar-refractivity contribution < 1.29 is 28.9 Å². The third kappa shape index (κ3) is 4.93. The summed E-state index contributed by atoms with van der Waals surface area (Å²) in [6, 6.07) is 12.1. The van der Waals surface area contributed by atoms with Crippen molar-refractivity contribution in [3.05, 3.63) is 60.4 Å². The summed E-state index contributed by atoms with van der Waals surface area (Å²) in [5.74, 6) is 0.175. The maximum Gasteiger partial charge on any atom is 0.322 e. The number of aliphatic carboxylic acids is 1. The number of nitrogens with one attached hydrogen (secondary N) is 2. The molecule has 0 saturated carbocycles. The number of carbonyl (C=O) groups is 2. The topological polar surface area (TPSA) is 137 Å². The number of methoxy groups -OCH3 is 3. The second kappa shape index (κ2) is 10.00. The summed E-state index contributed by atoms with van der Waals surface area (Å²) in [5, 5.41) is 15.1. The number of carboxylic acids is 1. The molecule has 0 aliphatic heterocycles. The van der Waals surface area contributed by atoms with E-state index in [0.29, 0.717) is 45.8 Å². The zero-order valence-electron chi connectivity index (χ0n) is 19.2. The molecule has 0 atom stereocenters. The van der Waals surface area contributed by atoms with Crippen LogP contribution in [0.2, 0.25) is 0 Å². The molecule has 11 nitrogen and oxygen atoms in total. The highest BCUT2D eigenvalue weighted by Crippen LogP contribution is 2.40. The van der Waals surface area contributed by atoms with Gasteiger partial charge >= 0.3 is 5.97 Å². The summed E-state index contributed by atoms with van der Waals surface area (Å²) in [6.07, 6.45) is 3.50. The maximum absolute atomic E-state index is 12.3. The summed E-state index contributed by atoms with van der Waals surface area (Å²) < 4.78 is 18.0. The number of nitrogens with zero attached hydrogens (tertiary/aromatic N) is 3. The van der Waals surface area contributed by atoms with Gasteiger partial charge in [0, 0.05) is 46.9 Å². The summed E-state index contributed by atoms with van der Waals surface area (Å²) in [4.78, 5) is 32.1. The largest absolute Gasteiger partial charge is 0.493 e. The third-order valence-electron chi connectivity index (χ3n) is 5.13. The number of hydrogen-bond acceptors (Lipinski definition) is 8. The lowest BCUT2D eigenvalue weighted by Crippen LogP contribution is -2.29. The Labute approximate surface area is 200 Å². The molecule has 0 bridgehead atoms. The molecule has 4 rings (SSSR count). The molecule has 2 aromatic heterocycles. The van der Waals surface area contributed by atoms with Crippen LogP contribution in [-0.4, -0.2) is 59.4 Å². The molecule has 0 unspecified atom stereocenters. The predicted molar refractivity (Wildman–Crippen MR) is 128 cm³/mol. The lowest BCUT2D eigenvalue weighted by Gasteiger charge is -2.14. The Kier molecular flexibility index (Phi) is 6.67. The van der Waals surface area contributed by atoms with E-state index in [1.807, 2.05) is 22.9 Å². The van der Waals surface area contributed by atoms with Crippen molar-refractivity contribution in [1.29, 1.82) is 0 Å². The van der Waals surface area contributed by atoms with Crippen LogP contribution >= 0.6 is 0 Å². The Morgan fingerprint density at radius 2 is 1.77 bits per heavy atom. The quantitative estimate of drug-likeness (QED) is 0.332. The zero-order chi connectivity index (χ0) is 24.9. The van der Waals surface area contributed by atoms with E-state index in [4.69, 9.17) is 19.3 Å². The first-order chi connectivity index (χ1) is 16.9. The van der Waals surface area contributed by atoms with E-state index in [1.54, 1.807) is 36.5 Å². The summed E-state index contributed by atoms with van der Waals surface area (Å²) >= 11 is 0. The zero-order valence-corrected chi connectivity index (χ0v) is 19.2. The molecule has 1 amide bonds. The van der Waals surface area contributed by atoms with Crippen molar-refractivity contribution in [3.8, 4) is 22.9 Å². The van der Waals surface area contributed by atoms with E-state index >= 15 is 0 Å². The van der Waals surface area contributed by atoms with Crippen molar-refractivity contribution in [3.63, 3.8) is 0 Å². The number of hydrogen-bond donors (Lipinski definition) is 3. The Morgan fingerprint density at radius 3 is 2.43 bits per heavy atom. The fraction of sp³-hybridized carbons (Fsp3) is 0.167. The van der Waals surface area contributed by atoms with Gasteiger partial charge in [0.05, 0.1) is 21.3 Å². The van der Waals surface area contributed by atoms with Crippen LogP contribution in [0, 0.1) is 0 Å². The van der Waals surface area contributed by atoms with Crippen molar-refractivity contribution in [1.82, 2.24) is 19.9 Å². The van der Waals surface area contributed by atoms with Gasteiger partial charge < -0.3 is 34.5 Å². The average molecular weight is 477 g/mol. The van der Waals surface area contributed by atoms with Gasteiger partial charge in [0.15, 0.2) is 11.5 Å². The van der Waals surface area contributed by atoms with E-state index in [9.17, 15) is 9.59 Å². The second-order valence-electron chi connectivity index (χ2n) is 7.32. The molecule has 180 valence electrons. The fourth-order valence-electron chi connectivity index (χ4n) is 3.52. The van der Waals surface area contributed by atoms with E-state index in [1.165, 1.54) is 21.3 Å². The molecule has 35 heavy (non-hydrogen) atoms. The van der Waals surface area contributed by atoms with Gasteiger partial charge in [-0.2, -0.15) is 4.98 Å². The minimum Gasteiger partial charge on any atom is -0.493 e. The standard InChI is InChI=1S/C24H23N5O6/c1-33-18-10-16(11-19(34-2)21(18)35-3)27-24-26-12-15-7-8-29(22(15)28-24)17-6-4-5-14(9-17)23(32)25-13-20(30)31/h4-12H,13H2,1-3H3,(H,25,32)(H,30,31)(H,26,27,28). The van der Waals surface area contributed by atoms with Crippen LogP contribution in [0.25, 0.3) is 16.7 Å². The normalized spacial score (nSPS) is 10.6. The Morgan fingerprint density at radius 1 is 1.03 bits per heavy atom. The highest BCUT2D eigenvalue weighted by molar-refractivity contribution is 5.96. The molecule has 2 aromatic carbocycles. The SMILES string of the molecule is COc1cc(Nc2ncc3ccn(-c4cccc(C(=O)NCC(=O)O)c4)c3n2)cc(OC)c1OC. The molecule has 0 spiro atoms. The van der Waals surface area contributed by atoms with Gasteiger partial charge in [-0.05, 0) is 24.3 Å². The minimum absolute atomic E-state index is 0.329. The van der Waals surface area contributed by atoms with Crippen LogP contribution in [0.15, 0.2) is 54.9 Å².